The molecular formula is C56H72O16. The van der Waals surface area contributed by atoms with Gasteiger partial charge in [0.2, 0.25) is 11.5 Å². The van der Waals surface area contributed by atoms with Crippen LogP contribution in [0.1, 0.15) is 67.7 Å². The summed E-state index contributed by atoms with van der Waals surface area (Å²) >= 11 is 0. The lowest BCUT2D eigenvalue weighted by atomic mass is 9.83. The first kappa shape index (κ1) is 56.1. The third-order valence-electron chi connectivity index (χ3n) is 13.3. The molecule has 2 heterocycles. The molecule has 0 radical (unpaired) electrons. The number of carbonyl (C=O) groups excluding carboxylic acids is 2. The van der Waals surface area contributed by atoms with Crippen molar-refractivity contribution in [3.8, 4) is 57.5 Å². The Balaban J connectivity index is 0.000000268. The number of phenolic OH excluding ortho intramolecular Hbond substituents is 1. The van der Waals surface area contributed by atoms with Crippen molar-refractivity contribution in [3.63, 3.8) is 0 Å². The van der Waals surface area contributed by atoms with Crippen molar-refractivity contribution in [2.24, 2.45) is 23.7 Å². The number of ether oxygens (including phenoxy) is 13. The monoisotopic (exact) mass is 1000 g/mol. The van der Waals surface area contributed by atoms with Gasteiger partial charge in [-0.2, -0.15) is 0 Å². The molecule has 4 aromatic rings. The molecule has 16 heteroatoms. The molecule has 4 aromatic carbocycles. The molecule has 6 atom stereocenters. The molecule has 2 aliphatic heterocycles. The lowest BCUT2D eigenvalue weighted by molar-refractivity contribution is -0.142. The fraction of sp³-hybridized carbons (Fsp3) is 0.464. The predicted molar refractivity (Wildman–Crippen MR) is 271 cm³/mol. The molecule has 2 aliphatic rings. The number of methoxy groups -OCH3 is 9. The van der Waals surface area contributed by atoms with E-state index in [0.717, 1.165) is 33.6 Å². The number of rotatable bonds is 21. The molecule has 0 unspecified atom stereocenters. The molecule has 1 N–H and O–H groups in total. The summed E-state index contributed by atoms with van der Waals surface area (Å²) in [7, 11) is 14.2. The Bertz CT molecular complexity index is 2480. The quantitative estimate of drug-likeness (QED) is 0.0617. The highest BCUT2D eigenvalue weighted by Gasteiger charge is 2.42. The van der Waals surface area contributed by atoms with Crippen molar-refractivity contribution in [3.05, 3.63) is 106 Å². The largest absolute Gasteiger partial charge is 0.504 e. The first-order chi connectivity index (χ1) is 34.7. The van der Waals surface area contributed by atoms with Crippen molar-refractivity contribution in [2.75, 3.05) is 90.4 Å². The Labute approximate surface area is 423 Å². The molecular weight excluding hydrogens is 929 g/mol. The van der Waals surface area contributed by atoms with Crippen LogP contribution in [0.5, 0.6) is 57.5 Å². The summed E-state index contributed by atoms with van der Waals surface area (Å²) in [4.78, 5) is 24.9. The third kappa shape index (κ3) is 13.2. The maximum Gasteiger partial charge on any atom is 0.333 e. The van der Waals surface area contributed by atoms with E-state index in [1.165, 1.54) is 7.11 Å². The summed E-state index contributed by atoms with van der Waals surface area (Å²) in [5.41, 5.74) is 5.89. The summed E-state index contributed by atoms with van der Waals surface area (Å²) < 4.78 is 73.5. The molecule has 0 spiro atoms. The zero-order valence-corrected chi connectivity index (χ0v) is 44.1. The van der Waals surface area contributed by atoms with Gasteiger partial charge in [0.05, 0.1) is 103 Å². The summed E-state index contributed by atoms with van der Waals surface area (Å²) in [6.45, 7) is 10.4. The van der Waals surface area contributed by atoms with Crippen molar-refractivity contribution in [1.82, 2.24) is 0 Å². The lowest BCUT2D eigenvalue weighted by Crippen LogP contribution is -2.25. The molecule has 2 saturated heterocycles. The predicted octanol–water partition coefficient (Wildman–Crippen LogP) is 9.58. The molecule has 16 nitrogen and oxygen atoms in total. The van der Waals surface area contributed by atoms with E-state index in [1.54, 1.807) is 95.9 Å². The van der Waals surface area contributed by atoms with Crippen LogP contribution in [0.3, 0.4) is 0 Å². The van der Waals surface area contributed by atoms with Crippen LogP contribution in [-0.2, 0) is 41.4 Å². The molecule has 0 amide bonds. The minimum Gasteiger partial charge on any atom is -0.504 e. The number of esters is 2. The second-order valence-electron chi connectivity index (χ2n) is 17.5. The molecule has 392 valence electrons. The van der Waals surface area contributed by atoms with Gasteiger partial charge in [-0.1, -0.05) is 24.3 Å². The topological polar surface area (TPSA) is 174 Å². The minimum absolute atomic E-state index is 0.0482. The minimum atomic E-state index is -0.355. The van der Waals surface area contributed by atoms with E-state index in [1.807, 2.05) is 56.3 Å². The van der Waals surface area contributed by atoms with E-state index in [2.05, 4.69) is 6.07 Å². The van der Waals surface area contributed by atoms with E-state index in [-0.39, 0.29) is 66.8 Å². The van der Waals surface area contributed by atoms with Gasteiger partial charge in [-0.25, -0.2) is 9.59 Å². The zero-order valence-electron chi connectivity index (χ0n) is 44.1. The second kappa shape index (κ2) is 26.6. The Hall–Kier alpha value is -6.78. The van der Waals surface area contributed by atoms with Crippen LogP contribution in [0.2, 0.25) is 0 Å². The van der Waals surface area contributed by atoms with E-state index in [0.29, 0.717) is 83.2 Å². The number of aryl methyl sites for hydroxylation is 1. The van der Waals surface area contributed by atoms with E-state index >= 15 is 0 Å². The van der Waals surface area contributed by atoms with Gasteiger partial charge < -0.3 is 66.7 Å². The van der Waals surface area contributed by atoms with Gasteiger partial charge in [0.1, 0.15) is 0 Å². The molecule has 2 fully saturated rings. The van der Waals surface area contributed by atoms with Crippen LogP contribution in [0, 0.1) is 30.6 Å². The number of aromatic hydroxyl groups is 1. The van der Waals surface area contributed by atoms with Crippen LogP contribution in [-0.4, -0.2) is 107 Å². The van der Waals surface area contributed by atoms with Crippen LogP contribution in [0.15, 0.2) is 77.9 Å². The van der Waals surface area contributed by atoms with Gasteiger partial charge in [0.15, 0.2) is 46.0 Å². The van der Waals surface area contributed by atoms with Gasteiger partial charge in [0.25, 0.3) is 0 Å². The summed E-state index contributed by atoms with van der Waals surface area (Å²) in [6.07, 6.45) is 4.15. The number of allylic oxidation sites excluding steroid dienone is 2. The molecule has 0 aromatic heterocycles. The van der Waals surface area contributed by atoms with Gasteiger partial charge in [-0.3, -0.25) is 0 Å². The van der Waals surface area contributed by atoms with Crippen LogP contribution in [0.25, 0.3) is 0 Å². The van der Waals surface area contributed by atoms with Crippen molar-refractivity contribution >= 4 is 11.9 Å². The number of phenols is 1. The average Bonchev–Trinajstić information content (AvgIpc) is 4.00. The maximum absolute atomic E-state index is 12.5. The third-order valence-corrected chi connectivity index (χ3v) is 13.3. The van der Waals surface area contributed by atoms with Crippen LogP contribution >= 0.6 is 0 Å². The van der Waals surface area contributed by atoms with E-state index in [4.69, 9.17) is 61.6 Å². The Morgan fingerprint density at radius 2 is 0.903 bits per heavy atom. The average molecular weight is 1000 g/mol. The van der Waals surface area contributed by atoms with Crippen molar-refractivity contribution < 1.29 is 76.3 Å². The van der Waals surface area contributed by atoms with Crippen molar-refractivity contribution in [1.29, 1.82) is 0 Å². The number of carbonyl (C=O) groups is 2. The summed E-state index contributed by atoms with van der Waals surface area (Å²) in [5.74, 6) is 4.24. The molecule has 0 bridgehead atoms. The zero-order chi connectivity index (χ0) is 52.6. The van der Waals surface area contributed by atoms with E-state index in [9.17, 15) is 14.7 Å². The molecule has 72 heavy (non-hydrogen) atoms. The second-order valence-corrected chi connectivity index (χ2v) is 17.5. The first-order valence-corrected chi connectivity index (χ1v) is 23.7. The highest BCUT2D eigenvalue weighted by Crippen LogP contribution is 2.48. The highest BCUT2D eigenvalue weighted by atomic mass is 16.6. The fourth-order valence-electron chi connectivity index (χ4n) is 9.14. The standard InChI is InChI=1S/C29H38O8.C27H34O8/c1-9-17(2)29(30)37-16-22-21(11-19-10-18(3)26(34-7)23(12-19)31-4)15-36-27(22)20-13-24(32-5)28(35-8)25(14-20)33-6;1-7-16(2)27(29)35-15-20-19(10-17-8-9-21(28)22(11-17)30-3)14-34-25(20)18-12-23(31-4)26(33-6)24(13-18)32-5/h9-10,12-14,21-22,27H,11,15-16H2,1-8H3;7-9,11-13,19-20,25,28H,10,14-15H2,1-6H3/b17-9-;16-7-/t21-,22-,27+;19-,20-,25+/m00/s1. The Morgan fingerprint density at radius 3 is 1.28 bits per heavy atom. The number of hydrogen-bond acceptors (Lipinski definition) is 16. The number of benzene rings is 4. The first-order valence-electron chi connectivity index (χ1n) is 23.7. The molecule has 0 saturated carbocycles. The highest BCUT2D eigenvalue weighted by molar-refractivity contribution is 5.88. The summed E-state index contributed by atoms with van der Waals surface area (Å²) in [6, 6.07) is 16.9. The lowest BCUT2D eigenvalue weighted by Gasteiger charge is -2.25. The van der Waals surface area contributed by atoms with Gasteiger partial charge >= 0.3 is 11.9 Å². The van der Waals surface area contributed by atoms with Gasteiger partial charge in [0, 0.05) is 23.0 Å². The summed E-state index contributed by atoms with van der Waals surface area (Å²) in [5, 5.41) is 9.95. The van der Waals surface area contributed by atoms with E-state index < -0.39 is 0 Å². The smallest absolute Gasteiger partial charge is 0.333 e. The number of hydrogen-bond donors (Lipinski definition) is 1. The molecule has 0 aliphatic carbocycles. The normalized spacial score (nSPS) is 19.6. The Kier molecular flexibility index (Phi) is 20.7. The molecule has 6 rings (SSSR count). The Morgan fingerprint density at radius 1 is 0.528 bits per heavy atom. The fourth-order valence-corrected chi connectivity index (χ4v) is 9.14. The van der Waals surface area contributed by atoms with Gasteiger partial charge in [-0.15, -0.1) is 0 Å². The SMILES string of the molecule is C/C=C(/C)C(=O)OC[C@H]1[C@@H](Cc2cc(C)c(OC)c(OC)c2)CO[C@@H]1c1cc(OC)c(OC)c(OC)c1.C/C=C(/C)C(=O)OC[C@H]1[C@@H](Cc2ccc(O)c(OC)c2)CO[C@@H]1c1cc(OC)c(OC)c(OC)c1. The maximum atomic E-state index is 12.5. The van der Waals surface area contributed by atoms with Crippen LogP contribution in [0.4, 0.5) is 0 Å². The van der Waals surface area contributed by atoms with Gasteiger partial charge in [-0.05, 0) is 130 Å². The van der Waals surface area contributed by atoms with Crippen LogP contribution < -0.4 is 42.6 Å². The van der Waals surface area contributed by atoms with Crippen molar-refractivity contribution in [2.45, 2.75) is 59.7 Å².